The van der Waals surface area contributed by atoms with Gasteiger partial charge in [-0.15, -0.1) is 0 Å². The Bertz CT molecular complexity index is 803. The van der Waals surface area contributed by atoms with E-state index in [-0.39, 0.29) is 5.91 Å². The van der Waals surface area contributed by atoms with Crippen molar-refractivity contribution in [2.24, 2.45) is 4.99 Å². The van der Waals surface area contributed by atoms with Crippen LogP contribution in [0.25, 0.3) is 6.08 Å². The van der Waals surface area contributed by atoms with Crippen LogP contribution in [0.5, 0.6) is 0 Å². The minimum absolute atomic E-state index is 0.119. The van der Waals surface area contributed by atoms with E-state index in [0.717, 1.165) is 24.2 Å². The molecule has 1 amide bonds. The molecule has 3 heteroatoms. The maximum Gasteiger partial charge on any atom is 0.275 e. The van der Waals surface area contributed by atoms with Crippen molar-refractivity contribution < 1.29 is 4.79 Å². The minimum Gasteiger partial charge on any atom is -0.309 e. The van der Waals surface area contributed by atoms with E-state index in [1.165, 1.54) is 16.7 Å². The Morgan fingerprint density at radius 3 is 2.65 bits per heavy atom. The number of benzene rings is 2. The van der Waals surface area contributed by atoms with Gasteiger partial charge in [-0.2, -0.15) is 0 Å². The molecule has 0 unspecified atom stereocenters. The van der Waals surface area contributed by atoms with Crippen LogP contribution in [0.15, 0.2) is 59.2 Å². The summed E-state index contributed by atoms with van der Waals surface area (Å²) in [7, 11) is 0. The molecule has 0 bridgehead atoms. The van der Waals surface area contributed by atoms with Gasteiger partial charge in [0, 0.05) is 6.42 Å². The first kappa shape index (κ1) is 15.2. The predicted molar refractivity (Wildman–Crippen MR) is 94.2 cm³/mol. The number of carbonyl (C=O) groups is 1. The summed E-state index contributed by atoms with van der Waals surface area (Å²) in [4.78, 5) is 16.5. The summed E-state index contributed by atoms with van der Waals surface area (Å²) in [5, 5.41) is 2.87. The molecule has 116 valence electrons. The van der Waals surface area contributed by atoms with Crippen LogP contribution in [0.4, 0.5) is 0 Å². The highest BCUT2D eigenvalue weighted by Gasteiger charge is 2.19. The molecule has 3 nitrogen and oxygen atoms in total. The standard InChI is InChI=1S/C20H20N2O/c1-14-6-5-8-16(12-14)13-18-20(23)22-19(21-18)11-10-17-9-4-3-7-15(17)2/h3-9,12-13H,10-11H2,1-2H3,(H,21,22,23)/b18-13+. The fraction of sp³-hybridized carbons (Fsp3) is 0.200. The molecule has 0 fully saturated rings. The highest BCUT2D eigenvalue weighted by Crippen LogP contribution is 2.16. The van der Waals surface area contributed by atoms with Gasteiger partial charge in [-0.1, -0.05) is 54.1 Å². The summed E-state index contributed by atoms with van der Waals surface area (Å²) >= 11 is 0. The lowest BCUT2D eigenvalue weighted by molar-refractivity contribution is -0.115. The topological polar surface area (TPSA) is 41.5 Å². The number of aliphatic imine (C=N–C) groups is 1. The number of amidine groups is 1. The molecule has 1 heterocycles. The van der Waals surface area contributed by atoms with Crippen molar-refractivity contribution in [3.05, 3.63) is 76.5 Å². The third kappa shape index (κ3) is 3.75. The van der Waals surface area contributed by atoms with Gasteiger partial charge in [0.1, 0.15) is 11.5 Å². The number of hydrogen-bond donors (Lipinski definition) is 1. The summed E-state index contributed by atoms with van der Waals surface area (Å²) in [6, 6.07) is 16.3. The molecule has 2 aromatic carbocycles. The van der Waals surface area contributed by atoms with Gasteiger partial charge in [-0.25, -0.2) is 4.99 Å². The molecule has 23 heavy (non-hydrogen) atoms. The number of carbonyl (C=O) groups excluding carboxylic acids is 1. The Hall–Kier alpha value is -2.68. The highest BCUT2D eigenvalue weighted by molar-refractivity contribution is 6.14. The van der Waals surface area contributed by atoms with E-state index in [1.54, 1.807) is 0 Å². The smallest absolute Gasteiger partial charge is 0.275 e. The minimum atomic E-state index is -0.119. The van der Waals surface area contributed by atoms with Crippen molar-refractivity contribution in [2.75, 3.05) is 0 Å². The molecule has 0 saturated heterocycles. The second-order valence-electron chi connectivity index (χ2n) is 5.88. The van der Waals surface area contributed by atoms with E-state index in [0.29, 0.717) is 5.70 Å². The molecular weight excluding hydrogens is 284 g/mol. The highest BCUT2D eigenvalue weighted by atomic mass is 16.2. The largest absolute Gasteiger partial charge is 0.309 e. The molecule has 0 saturated carbocycles. The van der Waals surface area contributed by atoms with Gasteiger partial charge in [-0.05, 0) is 43.0 Å². The molecule has 0 spiro atoms. The predicted octanol–water partition coefficient (Wildman–Crippen LogP) is 3.81. The SMILES string of the molecule is Cc1cccc(/C=C2/N=C(CCc3ccccc3C)NC2=O)c1. The van der Waals surface area contributed by atoms with E-state index in [1.807, 2.05) is 49.4 Å². The number of nitrogens with zero attached hydrogens (tertiary/aromatic N) is 1. The van der Waals surface area contributed by atoms with Crippen LogP contribution in [0.1, 0.15) is 28.7 Å². The zero-order valence-electron chi connectivity index (χ0n) is 13.5. The molecule has 1 aliphatic rings. The summed E-state index contributed by atoms with van der Waals surface area (Å²) in [6.45, 7) is 4.14. The average Bonchev–Trinajstić information content (AvgIpc) is 2.87. The fourth-order valence-corrected chi connectivity index (χ4v) is 2.70. The molecule has 1 N–H and O–H groups in total. The van der Waals surface area contributed by atoms with Gasteiger partial charge in [0.05, 0.1) is 0 Å². The summed E-state index contributed by atoms with van der Waals surface area (Å²) in [5.74, 6) is 0.628. The van der Waals surface area contributed by atoms with Crippen LogP contribution in [0, 0.1) is 13.8 Å². The van der Waals surface area contributed by atoms with E-state index < -0.39 is 0 Å². The van der Waals surface area contributed by atoms with Crippen LogP contribution in [-0.4, -0.2) is 11.7 Å². The van der Waals surface area contributed by atoms with E-state index in [9.17, 15) is 4.79 Å². The number of hydrogen-bond acceptors (Lipinski definition) is 2. The lowest BCUT2D eigenvalue weighted by atomic mass is 10.0. The van der Waals surface area contributed by atoms with Gasteiger partial charge in [0.15, 0.2) is 0 Å². The van der Waals surface area contributed by atoms with Crippen LogP contribution >= 0.6 is 0 Å². The number of aryl methyl sites for hydroxylation is 3. The van der Waals surface area contributed by atoms with Gasteiger partial charge in [-0.3, -0.25) is 4.79 Å². The fourth-order valence-electron chi connectivity index (χ4n) is 2.70. The van der Waals surface area contributed by atoms with Crippen LogP contribution in [-0.2, 0) is 11.2 Å². The normalized spacial score (nSPS) is 15.7. The number of amides is 1. The zero-order valence-corrected chi connectivity index (χ0v) is 13.5. The van der Waals surface area contributed by atoms with Crippen molar-refractivity contribution in [2.45, 2.75) is 26.7 Å². The number of rotatable bonds is 4. The van der Waals surface area contributed by atoms with E-state index in [2.05, 4.69) is 29.4 Å². The van der Waals surface area contributed by atoms with Crippen molar-refractivity contribution in [3.63, 3.8) is 0 Å². The average molecular weight is 304 g/mol. The van der Waals surface area contributed by atoms with Crippen molar-refractivity contribution in [1.82, 2.24) is 5.32 Å². The third-order valence-corrected chi connectivity index (χ3v) is 3.98. The van der Waals surface area contributed by atoms with Gasteiger partial charge < -0.3 is 5.32 Å². The molecule has 1 aliphatic heterocycles. The second-order valence-corrected chi connectivity index (χ2v) is 5.88. The van der Waals surface area contributed by atoms with Crippen molar-refractivity contribution >= 4 is 17.8 Å². The molecule has 0 radical (unpaired) electrons. The Labute approximate surface area is 136 Å². The first-order valence-corrected chi connectivity index (χ1v) is 7.83. The molecule has 0 atom stereocenters. The molecule has 2 aromatic rings. The van der Waals surface area contributed by atoms with E-state index in [4.69, 9.17) is 0 Å². The quantitative estimate of drug-likeness (QED) is 0.858. The molecule has 0 aliphatic carbocycles. The Balaban J connectivity index is 1.73. The Morgan fingerprint density at radius 1 is 1.04 bits per heavy atom. The van der Waals surface area contributed by atoms with E-state index >= 15 is 0 Å². The van der Waals surface area contributed by atoms with Crippen molar-refractivity contribution in [1.29, 1.82) is 0 Å². The van der Waals surface area contributed by atoms with Gasteiger partial charge in [0.25, 0.3) is 5.91 Å². The monoisotopic (exact) mass is 304 g/mol. The first-order chi connectivity index (χ1) is 11.1. The first-order valence-electron chi connectivity index (χ1n) is 7.83. The number of nitrogens with one attached hydrogen (secondary N) is 1. The maximum absolute atomic E-state index is 12.1. The third-order valence-electron chi connectivity index (χ3n) is 3.98. The molecular formula is C20H20N2O. The Morgan fingerprint density at radius 2 is 1.87 bits per heavy atom. The molecule has 3 rings (SSSR count). The Kier molecular flexibility index (Phi) is 4.38. The van der Waals surface area contributed by atoms with Gasteiger partial charge in [0.2, 0.25) is 0 Å². The summed E-state index contributed by atoms with van der Waals surface area (Å²) in [6.07, 6.45) is 3.45. The van der Waals surface area contributed by atoms with Crippen LogP contribution in [0.3, 0.4) is 0 Å². The lowest BCUT2D eigenvalue weighted by Crippen LogP contribution is -2.24. The second kappa shape index (κ2) is 6.61. The maximum atomic E-state index is 12.1. The summed E-state index contributed by atoms with van der Waals surface area (Å²) < 4.78 is 0. The van der Waals surface area contributed by atoms with Crippen LogP contribution < -0.4 is 5.32 Å². The molecule has 0 aromatic heterocycles. The van der Waals surface area contributed by atoms with Gasteiger partial charge >= 0.3 is 0 Å². The zero-order chi connectivity index (χ0) is 16.2. The van der Waals surface area contributed by atoms with Crippen molar-refractivity contribution in [3.8, 4) is 0 Å². The lowest BCUT2D eigenvalue weighted by Gasteiger charge is -2.04. The van der Waals surface area contributed by atoms with Crippen LogP contribution in [0.2, 0.25) is 0 Å². The summed E-state index contributed by atoms with van der Waals surface area (Å²) in [5.41, 5.74) is 5.21.